The van der Waals surface area contributed by atoms with E-state index in [0.717, 1.165) is 30.0 Å². The average molecular weight is 304 g/mol. The Morgan fingerprint density at radius 1 is 1.14 bits per heavy atom. The van der Waals surface area contributed by atoms with Crippen molar-refractivity contribution in [1.82, 2.24) is 10.2 Å². The molecule has 1 N–H and O–H groups in total. The molecule has 0 aromatic heterocycles. The molecule has 2 aliphatic rings. The normalized spacial score (nSPS) is 23.6. The lowest BCUT2D eigenvalue weighted by Gasteiger charge is -2.35. The first-order chi connectivity index (χ1) is 10.8. The van der Waals surface area contributed by atoms with Gasteiger partial charge in [0.25, 0.3) is 0 Å². The largest absolute Gasteiger partial charge is 0.493 e. The topological polar surface area (TPSA) is 33.7 Å². The summed E-state index contributed by atoms with van der Waals surface area (Å²) in [5.41, 5.74) is 1.22. The zero-order chi connectivity index (χ0) is 15.4. The smallest absolute Gasteiger partial charge is 0.165 e. The Balaban J connectivity index is 1.58. The molecule has 1 atom stereocenters. The quantitative estimate of drug-likeness (QED) is 0.907. The number of piperidine rings is 1. The van der Waals surface area contributed by atoms with Crippen molar-refractivity contribution in [2.75, 3.05) is 33.9 Å². The second-order valence-electron chi connectivity index (χ2n) is 6.47. The third-order valence-corrected chi connectivity index (χ3v) is 5.18. The molecular formula is C18H28N2O2. The molecule has 1 aromatic rings. The zero-order valence-corrected chi connectivity index (χ0v) is 13.8. The van der Waals surface area contributed by atoms with Gasteiger partial charge in [-0.25, -0.2) is 0 Å². The highest BCUT2D eigenvalue weighted by Crippen LogP contribution is 2.33. The van der Waals surface area contributed by atoms with E-state index in [-0.39, 0.29) is 0 Å². The Labute approximate surface area is 133 Å². The molecule has 1 aromatic carbocycles. The molecule has 4 heteroatoms. The van der Waals surface area contributed by atoms with Crippen LogP contribution in [0.1, 0.15) is 31.2 Å². The van der Waals surface area contributed by atoms with Crippen LogP contribution in [-0.2, 0) is 6.54 Å². The summed E-state index contributed by atoms with van der Waals surface area (Å²) >= 11 is 0. The standard InChI is InChI=1S/C18H28N2O2/c1-21-17-7-3-5-15(18(17)22-2)13-20-11-8-14(9-12-20)16-6-4-10-19-16/h3,5,7,14,16,19H,4,6,8-13H2,1-2H3. The predicted octanol–water partition coefficient (Wildman–Crippen LogP) is 2.67. The van der Waals surface area contributed by atoms with Crippen LogP contribution in [0, 0.1) is 5.92 Å². The number of rotatable bonds is 5. The molecule has 0 aliphatic carbocycles. The summed E-state index contributed by atoms with van der Waals surface area (Å²) in [5, 5.41) is 3.67. The van der Waals surface area contributed by atoms with Crippen LogP contribution in [0.2, 0.25) is 0 Å². The minimum absolute atomic E-state index is 0.772. The molecule has 2 saturated heterocycles. The van der Waals surface area contributed by atoms with Gasteiger partial charge in [-0.1, -0.05) is 12.1 Å². The molecule has 2 heterocycles. The number of hydrogen-bond donors (Lipinski definition) is 1. The van der Waals surface area contributed by atoms with Crippen LogP contribution in [-0.4, -0.2) is 44.8 Å². The van der Waals surface area contributed by atoms with Crippen molar-refractivity contribution in [2.24, 2.45) is 5.92 Å². The third-order valence-electron chi connectivity index (χ3n) is 5.18. The fourth-order valence-electron chi connectivity index (χ4n) is 3.95. The first-order valence-electron chi connectivity index (χ1n) is 8.47. The predicted molar refractivity (Wildman–Crippen MR) is 88.6 cm³/mol. The molecular weight excluding hydrogens is 276 g/mol. The van der Waals surface area contributed by atoms with Crippen molar-refractivity contribution in [3.05, 3.63) is 23.8 Å². The lowest BCUT2D eigenvalue weighted by Crippen LogP contribution is -2.40. The van der Waals surface area contributed by atoms with E-state index in [0.29, 0.717) is 0 Å². The molecule has 122 valence electrons. The van der Waals surface area contributed by atoms with Gasteiger partial charge >= 0.3 is 0 Å². The number of para-hydroxylation sites is 1. The summed E-state index contributed by atoms with van der Waals surface area (Å²) in [4.78, 5) is 2.54. The van der Waals surface area contributed by atoms with Crippen molar-refractivity contribution in [1.29, 1.82) is 0 Å². The van der Waals surface area contributed by atoms with Gasteiger partial charge in [0.05, 0.1) is 14.2 Å². The van der Waals surface area contributed by atoms with Crippen molar-refractivity contribution in [3.8, 4) is 11.5 Å². The van der Waals surface area contributed by atoms with Crippen LogP contribution in [0.3, 0.4) is 0 Å². The maximum Gasteiger partial charge on any atom is 0.165 e. The van der Waals surface area contributed by atoms with Gasteiger partial charge in [-0.3, -0.25) is 4.90 Å². The fraction of sp³-hybridized carbons (Fsp3) is 0.667. The molecule has 2 fully saturated rings. The van der Waals surface area contributed by atoms with E-state index in [1.165, 1.54) is 50.9 Å². The maximum atomic E-state index is 5.55. The van der Waals surface area contributed by atoms with Crippen molar-refractivity contribution in [3.63, 3.8) is 0 Å². The van der Waals surface area contributed by atoms with E-state index in [2.05, 4.69) is 16.3 Å². The summed E-state index contributed by atoms with van der Waals surface area (Å²) in [6, 6.07) is 6.92. The number of nitrogens with one attached hydrogen (secondary N) is 1. The van der Waals surface area contributed by atoms with Gasteiger partial charge in [-0.15, -0.1) is 0 Å². The van der Waals surface area contributed by atoms with Crippen molar-refractivity contribution >= 4 is 0 Å². The van der Waals surface area contributed by atoms with E-state index in [4.69, 9.17) is 9.47 Å². The lowest BCUT2D eigenvalue weighted by atomic mass is 9.88. The van der Waals surface area contributed by atoms with Gasteiger partial charge in [-0.05, 0) is 57.3 Å². The van der Waals surface area contributed by atoms with Crippen LogP contribution in [0.5, 0.6) is 11.5 Å². The van der Waals surface area contributed by atoms with E-state index in [1.807, 2.05) is 12.1 Å². The number of nitrogens with zero attached hydrogens (tertiary/aromatic N) is 1. The van der Waals surface area contributed by atoms with Crippen LogP contribution >= 0.6 is 0 Å². The summed E-state index contributed by atoms with van der Waals surface area (Å²) in [6.07, 6.45) is 5.34. The number of hydrogen-bond acceptors (Lipinski definition) is 4. The molecule has 4 nitrogen and oxygen atoms in total. The van der Waals surface area contributed by atoms with E-state index >= 15 is 0 Å². The molecule has 2 aliphatic heterocycles. The van der Waals surface area contributed by atoms with Gasteiger partial charge in [0.2, 0.25) is 0 Å². The van der Waals surface area contributed by atoms with Gasteiger partial charge < -0.3 is 14.8 Å². The van der Waals surface area contributed by atoms with E-state index < -0.39 is 0 Å². The minimum atomic E-state index is 0.772. The van der Waals surface area contributed by atoms with Gasteiger partial charge in [0.1, 0.15) is 0 Å². The first kappa shape index (κ1) is 15.6. The van der Waals surface area contributed by atoms with E-state index in [9.17, 15) is 0 Å². The Morgan fingerprint density at radius 2 is 1.95 bits per heavy atom. The highest BCUT2D eigenvalue weighted by Gasteiger charge is 2.28. The van der Waals surface area contributed by atoms with Crippen molar-refractivity contribution < 1.29 is 9.47 Å². The summed E-state index contributed by atoms with van der Waals surface area (Å²) in [5.74, 6) is 2.57. The van der Waals surface area contributed by atoms with Crippen molar-refractivity contribution in [2.45, 2.75) is 38.3 Å². The van der Waals surface area contributed by atoms with Crippen LogP contribution in [0.15, 0.2) is 18.2 Å². The second kappa shape index (κ2) is 7.34. The SMILES string of the molecule is COc1cccc(CN2CCC(C3CCCN3)CC2)c1OC. The molecule has 0 radical (unpaired) electrons. The molecule has 0 spiro atoms. The lowest BCUT2D eigenvalue weighted by molar-refractivity contribution is 0.156. The van der Waals surface area contributed by atoms with Gasteiger partial charge in [-0.2, -0.15) is 0 Å². The van der Waals surface area contributed by atoms with Gasteiger partial charge in [0, 0.05) is 18.2 Å². The van der Waals surface area contributed by atoms with Crippen LogP contribution in [0.25, 0.3) is 0 Å². The molecule has 0 amide bonds. The third kappa shape index (κ3) is 3.39. The second-order valence-corrected chi connectivity index (χ2v) is 6.47. The monoisotopic (exact) mass is 304 g/mol. The Bertz CT molecular complexity index is 478. The molecule has 22 heavy (non-hydrogen) atoms. The van der Waals surface area contributed by atoms with E-state index in [1.54, 1.807) is 14.2 Å². The molecule has 3 rings (SSSR count). The summed E-state index contributed by atoms with van der Waals surface area (Å²) in [7, 11) is 3.42. The van der Waals surface area contributed by atoms with Gasteiger partial charge in [0.15, 0.2) is 11.5 Å². The first-order valence-corrected chi connectivity index (χ1v) is 8.47. The Kier molecular flexibility index (Phi) is 5.21. The van der Waals surface area contributed by atoms with Crippen LogP contribution in [0.4, 0.5) is 0 Å². The summed E-state index contributed by atoms with van der Waals surface area (Å²) < 4.78 is 10.9. The average Bonchev–Trinajstić information content (AvgIpc) is 3.09. The number of benzene rings is 1. The summed E-state index contributed by atoms with van der Waals surface area (Å²) in [6.45, 7) is 4.53. The van der Waals surface area contributed by atoms with Crippen LogP contribution < -0.4 is 14.8 Å². The molecule has 0 bridgehead atoms. The Morgan fingerprint density at radius 3 is 2.59 bits per heavy atom. The Hall–Kier alpha value is -1.26. The maximum absolute atomic E-state index is 5.55. The zero-order valence-electron chi connectivity index (χ0n) is 13.8. The highest BCUT2D eigenvalue weighted by molar-refractivity contribution is 5.46. The number of ether oxygens (including phenoxy) is 2. The highest BCUT2D eigenvalue weighted by atomic mass is 16.5. The molecule has 1 unspecified atom stereocenters. The fourth-order valence-corrected chi connectivity index (χ4v) is 3.95. The number of likely N-dealkylation sites (tertiary alicyclic amines) is 1. The minimum Gasteiger partial charge on any atom is -0.493 e. The number of methoxy groups -OCH3 is 2. The molecule has 0 saturated carbocycles.